The van der Waals surface area contributed by atoms with Crippen LogP contribution in [0.15, 0.2) is 35.2 Å². The summed E-state index contributed by atoms with van der Waals surface area (Å²) in [6.45, 7) is 4.83. The van der Waals surface area contributed by atoms with E-state index in [2.05, 4.69) is 39.3 Å². The molecule has 3 aromatic rings. The molecule has 0 aromatic carbocycles. The Hall–Kier alpha value is -2.95. The molecule has 2 aliphatic carbocycles. The predicted octanol–water partition coefficient (Wildman–Crippen LogP) is 7.01. The van der Waals surface area contributed by atoms with Gasteiger partial charge in [-0.2, -0.15) is 0 Å². The lowest BCUT2D eigenvalue weighted by molar-refractivity contribution is -0.127. The van der Waals surface area contributed by atoms with Gasteiger partial charge in [0.15, 0.2) is 11.0 Å². The monoisotopic (exact) mass is 641 g/mol. The molecule has 3 fully saturated rings. The summed E-state index contributed by atoms with van der Waals surface area (Å²) in [7, 11) is 0. The first-order chi connectivity index (χ1) is 21.0. The second-order valence-electron chi connectivity index (χ2n) is 13.7. The molecule has 0 radical (unpaired) electrons. The van der Waals surface area contributed by atoms with E-state index < -0.39 is 28.5 Å². The number of hydrogen-bond acceptors (Lipinski definition) is 8. The van der Waals surface area contributed by atoms with E-state index >= 15 is 4.39 Å². The van der Waals surface area contributed by atoms with E-state index in [0.717, 1.165) is 19.3 Å². The summed E-state index contributed by atoms with van der Waals surface area (Å²) < 4.78 is 27.4. The molecule has 3 aromatic heterocycles. The third-order valence-corrected chi connectivity index (χ3v) is 11.4. The highest BCUT2D eigenvalue weighted by Gasteiger charge is 2.72. The second kappa shape index (κ2) is 10.8. The molecular weight excluding hydrogens is 608 g/mol. The Morgan fingerprint density at radius 2 is 1.93 bits per heavy atom. The molecule has 44 heavy (non-hydrogen) atoms. The summed E-state index contributed by atoms with van der Waals surface area (Å²) in [4.78, 5) is 37.5. The summed E-state index contributed by atoms with van der Waals surface area (Å²) in [6.07, 6.45) is 7.70. The topological polar surface area (TPSA) is 120 Å². The lowest BCUT2D eigenvalue weighted by Crippen LogP contribution is -2.52. The maximum absolute atomic E-state index is 16.1. The third kappa shape index (κ3) is 4.58. The van der Waals surface area contributed by atoms with Gasteiger partial charge in [0, 0.05) is 30.0 Å². The molecule has 232 valence electrons. The Labute approximate surface area is 264 Å². The van der Waals surface area contributed by atoms with Crippen molar-refractivity contribution in [3.63, 3.8) is 0 Å². The van der Waals surface area contributed by atoms with Crippen LogP contribution in [0.1, 0.15) is 94.3 Å². The van der Waals surface area contributed by atoms with Gasteiger partial charge in [0.05, 0.1) is 12.0 Å². The summed E-state index contributed by atoms with van der Waals surface area (Å²) >= 11 is 12.5. The standard InChI is InChI=1S/C32H34Cl2FN5O4/c1-30(2)8-10-31(11-9-30)14-19(21(41)13-17-3-5-22(43-15-17)28-40-37-16-44-28)24(18-7-12-36-26(34)25(18)35)32(31)20-4-6-23(33)38-27(20)39-29(32)42/h4,6-7,12,16-17,19,22,24H,3,5,8-11,13-15H2,1-2H3,(H,38,39,42)/t17-,19-,22-,24-,32+/m0/s1. The van der Waals surface area contributed by atoms with Crippen LogP contribution in [0.25, 0.3) is 0 Å². The van der Waals surface area contributed by atoms with Crippen LogP contribution >= 0.6 is 23.2 Å². The number of amides is 1. The molecule has 0 bridgehead atoms. The summed E-state index contributed by atoms with van der Waals surface area (Å²) in [5.74, 6) is -1.64. The lowest BCUT2D eigenvalue weighted by atomic mass is 9.51. The number of hydrogen-bond donors (Lipinski definition) is 1. The summed E-state index contributed by atoms with van der Waals surface area (Å²) in [6, 6.07) is 5.08. The van der Waals surface area contributed by atoms with E-state index in [1.807, 2.05) is 6.07 Å². The fourth-order valence-corrected chi connectivity index (χ4v) is 9.00. The predicted molar refractivity (Wildman–Crippen MR) is 160 cm³/mol. The number of aromatic nitrogens is 4. The third-order valence-electron chi connectivity index (χ3n) is 10.9. The maximum atomic E-state index is 16.1. The zero-order valence-corrected chi connectivity index (χ0v) is 26.1. The zero-order valence-electron chi connectivity index (χ0n) is 24.6. The van der Waals surface area contributed by atoms with E-state index in [9.17, 15) is 9.59 Å². The molecule has 1 saturated heterocycles. The largest absolute Gasteiger partial charge is 0.425 e. The fourth-order valence-electron chi connectivity index (χ4n) is 8.69. The first-order valence-electron chi connectivity index (χ1n) is 15.2. The summed E-state index contributed by atoms with van der Waals surface area (Å²) in [5, 5.41) is 10.7. The number of halogens is 3. The Balaban J connectivity index is 1.31. The Morgan fingerprint density at radius 3 is 2.64 bits per heavy atom. The minimum Gasteiger partial charge on any atom is -0.425 e. The molecule has 2 spiro atoms. The molecule has 5 atom stereocenters. The molecule has 12 heteroatoms. The number of rotatable bonds is 5. The maximum Gasteiger partial charge on any atom is 0.244 e. The van der Waals surface area contributed by atoms with Gasteiger partial charge >= 0.3 is 0 Å². The molecule has 7 rings (SSSR count). The molecule has 4 aliphatic rings. The number of ether oxygens (including phenoxy) is 1. The smallest absolute Gasteiger partial charge is 0.244 e. The quantitative estimate of drug-likeness (QED) is 0.295. The highest BCUT2D eigenvalue weighted by molar-refractivity contribution is 6.30. The highest BCUT2D eigenvalue weighted by Crippen LogP contribution is 2.72. The van der Waals surface area contributed by atoms with Crippen LogP contribution in [0.2, 0.25) is 10.3 Å². The van der Waals surface area contributed by atoms with Crippen LogP contribution in [0.3, 0.4) is 0 Å². The normalized spacial score (nSPS) is 30.4. The van der Waals surface area contributed by atoms with E-state index in [1.165, 1.54) is 12.6 Å². The zero-order chi connectivity index (χ0) is 30.9. The van der Waals surface area contributed by atoms with Crippen molar-refractivity contribution >= 4 is 40.7 Å². The van der Waals surface area contributed by atoms with Crippen molar-refractivity contribution < 1.29 is 23.1 Å². The van der Waals surface area contributed by atoms with Crippen LogP contribution in [0, 0.1) is 28.5 Å². The van der Waals surface area contributed by atoms with Crippen molar-refractivity contribution in [3.8, 4) is 0 Å². The van der Waals surface area contributed by atoms with E-state index in [-0.39, 0.29) is 51.4 Å². The molecule has 2 saturated carbocycles. The highest BCUT2D eigenvalue weighted by atomic mass is 35.5. The number of Topliss-reactive ketones (excluding diaryl/α,β-unsaturated/α-hetero) is 1. The average Bonchev–Trinajstić information content (AvgIpc) is 3.70. The van der Waals surface area contributed by atoms with Gasteiger partial charge in [-0.3, -0.25) is 9.59 Å². The molecule has 5 heterocycles. The number of anilines is 1. The van der Waals surface area contributed by atoms with Gasteiger partial charge in [-0.1, -0.05) is 43.1 Å². The molecule has 9 nitrogen and oxygen atoms in total. The Kier molecular flexibility index (Phi) is 7.33. The number of nitrogens with one attached hydrogen (secondary N) is 1. The van der Waals surface area contributed by atoms with Gasteiger partial charge in [-0.05, 0) is 79.4 Å². The number of pyridine rings is 2. The van der Waals surface area contributed by atoms with E-state index in [4.69, 9.17) is 32.4 Å². The van der Waals surface area contributed by atoms with Crippen molar-refractivity contribution in [2.24, 2.45) is 22.7 Å². The van der Waals surface area contributed by atoms with Gasteiger partial charge < -0.3 is 14.5 Å². The van der Waals surface area contributed by atoms with Crippen molar-refractivity contribution in [1.29, 1.82) is 0 Å². The number of carbonyl (C=O) groups excluding carboxylic acids is 2. The van der Waals surface area contributed by atoms with Gasteiger partial charge in [-0.15, -0.1) is 10.2 Å². The number of nitrogens with zero attached hydrogens (tertiary/aromatic N) is 4. The van der Waals surface area contributed by atoms with Crippen molar-refractivity contribution in [2.45, 2.75) is 82.7 Å². The van der Waals surface area contributed by atoms with E-state index in [1.54, 1.807) is 12.1 Å². The minimum atomic E-state index is -1.24. The van der Waals surface area contributed by atoms with Crippen LogP contribution in [0.5, 0.6) is 0 Å². The minimum absolute atomic E-state index is 0.00330. The van der Waals surface area contributed by atoms with Gasteiger partial charge in [0.2, 0.25) is 18.2 Å². The number of carbonyl (C=O) groups is 2. The van der Waals surface area contributed by atoms with Crippen molar-refractivity contribution in [2.75, 3.05) is 11.9 Å². The molecular formula is C32H34Cl2FN5O4. The molecule has 2 aliphatic heterocycles. The molecule has 0 unspecified atom stereocenters. The van der Waals surface area contributed by atoms with Gasteiger partial charge in [-0.25, -0.2) is 14.4 Å². The van der Waals surface area contributed by atoms with Crippen LogP contribution in [-0.4, -0.2) is 38.5 Å². The second-order valence-corrected chi connectivity index (χ2v) is 14.5. The van der Waals surface area contributed by atoms with Crippen molar-refractivity contribution in [1.82, 2.24) is 20.2 Å². The first kappa shape index (κ1) is 29.7. The van der Waals surface area contributed by atoms with Crippen LogP contribution in [-0.2, 0) is 19.7 Å². The fraction of sp³-hybridized carbons (Fsp3) is 0.562. The van der Waals surface area contributed by atoms with Gasteiger partial charge in [0.25, 0.3) is 0 Å². The number of fused-ring (bicyclic) bond motifs is 3. The van der Waals surface area contributed by atoms with Gasteiger partial charge in [0.1, 0.15) is 22.9 Å². The SMILES string of the molecule is CC1(C)CCC2(CC1)C[C@@H](C(=O)C[C@@H]1CC[C@@H](c3nnco3)OC1)[C@H](c1ccnc(Cl)c1F)[C@]21C(=O)Nc2nc(Cl)ccc21. The van der Waals surface area contributed by atoms with E-state index in [0.29, 0.717) is 49.6 Å². The summed E-state index contributed by atoms with van der Waals surface area (Å²) in [5.41, 5.74) is -0.858. The molecule has 1 amide bonds. The van der Waals surface area contributed by atoms with Crippen LogP contribution < -0.4 is 5.32 Å². The van der Waals surface area contributed by atoms with Crippen LogP contribution in [0.4, 0.5) is 10.2 Å². The number of ketones is 1. The Morgan fingerprint density at radius 1 is 1.14 bits per heavy atom. The Bertz CT molecular complexity index is 1600. The first-order valence-corrected chi connectivity index (χ1v) is 16.0. The average molecular weight is 643 g/mol. The molecule has 1 N–H and O–H groups in total. The van der Waals surface area contributed by atoms with Crippen molar-refractivity contribution in [3.05, 3.63) is 63.9 Å². The lowest BCUT2D eigenvalue weighted by Gasteiger charge is -2.50.